The second-order valence-electron chi connectivity index (χ2n) is 5.33. The number of nitrogens with two attached hydrogens (primary N) is 1. The summed E-state index contributed by atoms with van der Waals surface area (Å²) in [5.41, 5.74) is 3.89. The molecular formula is C12H20N2O6. The van der Waals surface area contributed by atoms with E-state index >= 15 is 0 Å². The quantitative estimate of drug-likeness (QED) is 0.495. The number of likely N-dealkylation sites (N-methyl/N-ethyl adjacent to an activating group) is 1. The van der Waals surface area contributed by atoms with Crippen molar-refractivity contribution in [3.63, 3.8) is 0 Å². The smallest absolute Gasteiger partial charge is 0.336 e. The fourth-order valence-electron chi connectivity index (χ4n) is 2.94. The van der Waals surface area contributed by atoms with E-state index in [4.69, 9.17) is 20.3 Å². The molecule has 0 aromatic heterocycles. The first-order chi connectivity index (χ1) is 9.39. The Hall–Kier alpha value is -1.22. The average Bonchev–Trinajstić information content (AvgIpc) is 2.77. The Kier molecular flexibility index (Phi) is 4.28. The molecule has 20 heavy (non-hydrogen) atoms. The minimum Gasteiger partial charge on any atom is -0.480 e. The maximum absolute atomic E-state index is 11.6. The molecule has 2 heterocycles. The van der Waals surface area contributed by atoms with Crippen LogP contribution in [0.3, 0.4) is 0 Å². The summed E-state index contributed by atoms with van der Waals surface area (Å²) in [4.78, 5) is 22.4. The van der Waals surface area contributed by atoms with Gasteiger partial charge in [0.15, 0.2) is 5.60 Å². The Morgan fingerprint density at radius 3 is 2.75 bits per heavy atom. The summed E-state index contributed by atoms with van der Waals surface area (Å²) in [7, 11) is 1.78. The third kappa shape index (κ3) is 2.64. The molecule has 0 bridgehead atoms. The number of carboxylic acid groups (broad SMARTS) is 2. The second-order valence-corrected chi connectivity index (χ2v) is 5.33. The predicted molar refractivity (Wildman–Crippen MR) is 67.3 cm³/mol. The highest BCUT2D eigenvalue weighted by Gasteiger charge is 2.56. The normalized spacial score (nSPS) is 38.2. The standard InChI is InChI=1S/C12H20N2O6/c1-14-7-2-3-19-8-5-12(11(17)18,20-9(7)8)4-6(13)10(15)16/h6-9,14H,2-5,13H2,1H3,(H,15,16)(H,17,18)/t6-,7+,8+,9+,12+/m0/s1. The van der Waals surface area contributed by atoms with E-state index < -0.39 is 29.7 Å². The van der Waals surface area contributed by atoms with Gasteiger partial charge in [-0.05, 0) is 13.5 Å². The van der Waals surface area contributed by atoms with Crippen molar-refractivity contribution in [2.24, 2.45) is 5.73 Å². The number of ether oxygens (including phenoxy) is 2. The molecule has 0 spiro atoms. The molecule has 0 saturated carbocycles. The maximum Gasteiger partial charge on any atom is 0.336 e. The van der Waals surface area contributed by atoms with Crippen molar-refractivity contribution in [2.45, 2.75) is 49.2 Å². The molecule has 0 amide bonds. The fraction of sp³-hybridized carbons (Fsp3) is 0.833. The van der Waals surface area contributed by atoms with Crippen molar-refractivity contribution < 1.29 is 29.3 Å². The van der Waals surface area contributed by atoms with E-state index in [0.29, 0.717) is 6.61 Å². The van der Waals surface area contributed by atoms with Gasteiger partial charge in [-0.2, -0.15) is 0 Å². The van der Waals surface area contributed by atoms with Crippen molar-refractivity contribution in [2.75, 3.05) is 13.7 Å². The molecule has 0 aliphatic carbocycles. The van der Waals surface area contributed by atoms with E-state index in [1.807, 2.05) is 0 Å². The van der Waals surface area contributed by atoms with Crippen LogP contribution in [0.4, 0.5) is 0 Å². The molecule has 2 aliphatic rings. The Labute approximate surface area is 116 Å². The number of hydrogen-bond acceptors (Lipinski definition) is 6. The van der Waals surface area contributed by atoms with Crippen molar-refractivity contribution in [3.05, 3.63) is 0 Å². The molecule has 2 saturated heterocycles. The molecule has 8 heteroatoms. The van der Waals surface area contributed by atoms with Crippen LogP contribution in [-0.2, 0) is 19.1 Å². The fourth-order valence-corrected chi connectivity index (χ4v) is 2.94. The molecule has 2 rings (SSSR count). The lowest BCUT2D eigenvalue weighted by molar-refractivity contribution is -0.170. The van der Waals surface area contributed by atoms with E-state index in [2.05, 4.69) is 5.32 Å². The molecule has 0 aromatic carbocycles. The van der Waals surface area contributed by atoms with Crippen LogP contribution in [0, 0.1) is 0 Å². The highest BCUT2D eigenvalue weighted by molar-refractivity contribution is 5.80. The minimum atomic E-state index is -1.59. The van der Waals surface area contributed by atoms with E-state index in [0.717, 1.165) is 6.42 Å². The topological polar surface area (TPSA) is 131 Å². The molecule has 0 aromatic rings. The van der Waals surface area contributed by atoms with Crippen molar-refractivity contribution in [1.29, 1.82) is 0 Å². The first kappa shape index (κ1) is 15.2. The zero-order valence-corrected chi connectivity index (χ0v) is 11.2. The summed E-state index contributed by atoms with van der Waals surface area (Å²) in [5.74, 6) is -2.43. The lowest BCUT2D eigenvalue weighted by Gasteiger charge is -2.33. The van der Waals surface area contributed by atoms with Gasteiger partial charge >= 0.3 is 11.9 Å². The summed E-state index contributed by atoms with van der Waals surface area (Å²) in [6.07, 6.45) is -0.182. The summed E-state index contributed by atoms with van der Waals surface area (Å²) < 4.78 is 11.3. The van der Waals surface area contributed by atoms with Gasteiger partial charge in [0.2, 0.25) is 0 Å². The SMILES string of the molecule is CN[C@@H]1CCO[C@@H]2C[C@](C[C@H](N)C(=O)O)(C(=O)O)O[C@H]12. The summed E-state index contributed by atoms with van der Waals surface area (Å²) in [6, 6.07) is -1.28. The van der Waals surface area contributed by atoms with Crippen LogP contribution in [0.5, 0.6) is 0 Å². The molecule has 2 fully saturated rings. The number of carboxylic acids is 2. The van der Waals surface area contributed by atoms with Crippen molar-refractivity contribution in [1.82, 2.24) is 5.32 Å². The number of fused-ring (bicyclic) bond motifs is 1. The van der Waals surface area contributed by atoms with Gasteiger partial charge in [0, 0.05) is 25.5 Å². The van der Waals surface area contributed by atoms with Gasteiger partial charge < -0.3 is 30.7 Å². The van der Waals surface area contributed by atoms with E-state index in [-0.39, 0.29) is 25.0 Å². The Balaban J connectivity index is 2.19. The molecular weight excluding hydrogens is 268 g/mol. The summed E-state index contributed by atoms with van der Waals surface area (Å²) in [5, 5.41) is 21.4. The number of aliphatic carboxylic acids is 2. The van der Waals surface area contributed by atoms with Crippen LogP contribution in [0.1, 0.15) is 19.3 Å². The number of rotatable bonds is 5. The first-order valence-corrected chi connectivity index (χ1v) is 6.58. The first-order valence-electron chi connectivity index (χ1n) is 6.58. The summed E-state index contributed by atoms with van der Waals surface area (Å²) >= 11 is 0. The highest BCUT2D eigenvalue weighted by atomic mass is 16.6. The average molecular weight is 288 g/mol. The van der Waals surface area contributed by atoms with Crippen LogP contribution in [0.25, 0.3) is 0 Å². The van der Waals surface area contributed by atoms with Crippen LogP contribution >= 0.6 is 0 Å². The zero-order valence-electron chi connectivity index (χ0n) is 11.2. The number of carbonyl (C=O) groups is 2. The van der Waals surface area contributed by atoms with Crippen molar-refractivity contribution in [3.8, 4) is 0 Å². The maximum atomic E-state index is 11.6. The lowest BCUT2D eigenvalue weighted by Crippen LogP contribution is -2.50. The zero-order chi connectivity index (χ0) is 14.9. The van der Waals surface area contributed by atoms with Crippen LogP contribution in [0.2, 0.25) is 0 Å². The molecule has 5 N–H and O–H groups in total. The monoisotopic (exact) mass is 288 g/mol. The van der Waals surface area contributed by atoms with Crippen LogP contribution in [-0.4, -0.2) is 65.7 Å². The van der Waals surface area contributed by atoms with E-state index in [1.165, 1.54) is 0 Å². The molecule has 0 radical (unpaired) electrons. The third-order valence-corrected chi connectivity index (χ3v) is 4.04. The lowest BCUT2D eigenvalue weighted by atomic mass is 9.89. The largest absolute Gasteiger partial charge is 0.480 e. The van der Waals surface area contributed by atoms with Gasteiger partial charge in [0.25, 0.3) is 0 Å². The van der Waals surface area contributed by atoms with Gasteiger partial charge in [-0.15, -0.1) is 0 Å². The predicted octanol–water partition coefficient (Wildman–Crippen LogP) is -1.22. The minimum absolute atomic E-state index is 0.00368. The molecule has 0 unspecified atom stereocenters. The third-order valence-electron chi connectivity index (χ3n) is 4.04. The molecule has 8 nitrogen and oxygen atoms in total. The Morgan fingerprint density at radius 1 is 1.50 bits per heavy atom. The Bertz CT molecular complexity index is 403. The van der Waals surface area contributed by atoms with E-state index in [9.17, 15) is 14.7 Å². The molecule has 114 valence electrons. The van der Waals surface area contributed by atoms with E-state index in [1.54, 1.807) is 7.05 Å². The van der Waals surface area contributed by atoms with Crippen molar-refractivity contribution >= 4 is 11.9 Å². The van der Waals surface area contributed by atoms with Gasteiger partial charge in [-0.25, -0.2) is 4.79 Å². The van der Waals surface area contributed by atoms with Crippen LogP contribution in [0.15, 0.2) is 0 Å². The second kappa shape index (κ2) is 5.65. The summed E-state index contributed by atoms with van der Waals surface area (Å²) in [6.45, 7) is 0.525. The van der Waals surface area contributed by atoms with Gasteiger partial charge in [-0.1, -0.05) is 0 Å². The van der Waals surface area contributed by atoms with Gasteiger partial charge in [-0.3, -0.25) is 4.79 Å². The molecule has 2 aliphatic heterocycles. The number of nitrogens with one attached hydrogen (secondary N) is 1. The highest BCUT2D eigenvalue weighted by Crippen LogP contribution is 2.40. The Morgan fingerprint density at radius 2 is 2.20 bits per heavy atom. The van der Waals surface area contributed by atoms with Crippen LogP contribution < -0.4 is 11.1 Å². The van der Waals surface area contributed by atoms with Gasteiger partial charge in [0.1, 0.15) is 12.1 Å². The number of hydrogen-bond donors (Lipinski definition) is 4. The van der Waals surface area contributed by atoms with Gasteiger partial charge in [0.05, 0.1) is 6.10 Å². The molecule has 5 atom stereocenters.